The predicted molar refractivity (Wildman–Crippen MR) is 129 cm³/mol. The van der Waals surface area contributed by atoms with Crippen LogP contribution in [0.3, 0.4) is 0 Å². The Kier molecular flexibility index (Phi) is 7.34. The summed E-state index contributed by atoms with van der Waals surface area (Å²) in [4.78, 5) is 17.8. The third kappa shape index (κ3) is 5.22. The van der Waals surface area contributed by atoms with Crippen LogP contribution in [-0.4, -0.2) is 34.5 Å². The van der Waals surface area contributed by atoms with Crippen LogP contribution in [0.2, 0.25) is 0 Å². The molecule has 1 unspecified atom stereocenters. The number of esters is 1. The Labute approximate surface area is 198 Å². The first-order chi connectivity index (χ1) is 16.1. The SMILES string of the molecule is CCCCOC(=O)C1=C(C)Nc2nc(SCc3ccccc3)nn2C1c1ccc(OC)cc1. The van der Waals surface area contributed by atoms with Gasteiger partial charge in [0, 0.05) is 11.4 Å². The van der Waals surface area contributed by atoms with Crippen LogP contribution >= 0.6 is 11.8 Å². The van der Waals surface area contributed by atoms with Gasteiger partial charge in [0.15, 0.2) is 0 Å². The average molecular weight is 465 g/mol. The lowest BCUT2D eigenvalue weighted by molar-refractivity contribution is -0.139. The van der Waals surface area contributed by atoms with E-state index >= 15 is 0 Å². The second-order valence-electron chi connectivity index (χ2n) is 7.77. The van der Waals surface area contributed by atoms with E-state index in [-0.39, 0.29) is 5.97 Å². The second-order valence-corrected chi connectivity index (χ2v) is 8.71. The van der Waals surface area contributed by atoms with Gasteiger partial charge < -0.3 is 14.8 Å². The molecule has 0 amide bonds. The van der Waals surface area contributed by atoms with Crippen molar-refractivity contribution in [2.45, 2.75) is 43.6 Å². The number of ether oxygens (including phenoxy) is 2. The molecule has 0 saturated heterocycles. The quantitative estimate of drug-likeness (QED) is 0.264. The van der Waals surface area contributed by atoms with Gasteiger partial charge in [-0.1, -0.05) is 67.6 Å². The molecule has 1 aliphatic rings. The summed E-state index contributed by atoms with van der Waals surface area (Å²) >= 11 is 1.56. The number of unbranched alkanes of at least 4 members (excludes halogenated alkanes) is 1. The van der Waals surface area contributed by atoms with Crippen LogP contribution in [0, 0.1) is 0 Å². The van der Waals surface area contributed by atoms with Gasteiger partial charge in [0.25, 0.3) is 0 Å². The lowest BCUT2D eigenvalue weighted by Gasteiger charge is -2.28. The first-order valence-electron chi connectivity index (χ1n) is 11.0. The highest BCUT2D eigenvalue weighted by atomic mass is 32.2. The Balaban J connectivity index is 1.66. The van der Waals surface area contributed by atoms with Gasteiger partial charge >= 0.3 is 5.97 Å². The van der Waals surface area contributed by atoms with E-state index in [0.29, 0.717) is 23.3 Å². The summed E-state index contributed by atoms with van der Waals surface area (Å²) in [5.41, 5.74) is 3.36. The molecule has 1 atom stereocenters. The summed E-state index contributed by atoms with van der Waals surface area (Å²) in [6.45, 7) is 4.34. The maximum atomic E-state index is 13.1. The summed E-state index contributed by atoms with van der Waals surface area (Å²) in [5.74, 6) is 1.77. The van der Waals surface area contributed by atoms with Crippen molar-refractivity contribution in [3.8, 4) is 5.75 Å². The fourth-order valence-corrected chi connectivity index (χ4v) is 4.45. The number of methoxy groups -OCH3 is 1. The molecule has 0 radical (unpaired) electrons. The van der Waals surface area contributed by atoms with Crippen molar-refractivity contribution in [3.05, 3.63) is 77.0 Å². The number of fused-ring (bicyclic) bond motifs is 1. The number of anilines is 1. The minimum atomic E-state index is -0.445. The van der Waals surface area contributed by atoms with Gasteiger partial charge in [0.2, 0.25) is 11.1 Å². The molecule has 3 aromatic rings. The minimum absolute atomic E-state index is 0.339. The van der Waals surface area contributed by atoms with E-state index in [2.05, 4.69) is 29.4 Å². The maximum Gasteiger partial charge on any atom is 0.338 e. The van der Waals surface area contributed by atoms with E-state index in [1.807, 2.05) is 49.4 Å². The van der Waals surface area contributed by atoms with Gasteiger partial charge in [-0.2, -0.15) is 4.98 Å². The Bertz CT molecular complexity index is 1130. The Morgan fingerprint density at radius 3 is 2.61 bits per heavy atom. The molecule has 7 nitrogen and oxygen atoms in total. The maximum absolute atomic E-state index is 13.1. The third-order valence-corrected chi connectivity index (χ3v) is 6.34. The van der Waals surface area contributed by atoms with E-state index in [1.165, 1.54) is 5.56 Å². The first-order valence-corrected chi connectivity index (χ1v) is 12.0. The van der Waals surface area contributed by atoms with Crippen molar-refractivity contribution in [3.63, 3.8) is 0 Å². The van der Waals surface area contributed by atoms with Crippen LogP contribution in [0.5, 0.6) is 5.75 Å². The largest absolute Gasteiger partial charge is 0.497 e. The molecule has 1 N–H and O–H groups in total. The molecule has 1 aromatic heterocycles. The Morgan fingerprint density at radius 2 is 1.91 bits per heavy atom. The fraction of sp³-hybridized carbons (Fsp3) is 0.320. The van der Waals surface area contributed by atoms with E-state index in [4.69, 9.17) is 14.6 Å². The molecule has 0 bridgehead atoms. The van der Waals surface area contributed by atoms with E-state index in [9.17, 15) is 4.79 Å². The standard InChI is InChI=1S/C25H28N4O3S/c1-4-5-15-32-23(30)21-17(2)26-24-27-25(33-16-18-9-7-6-8-10-18)28-29(24)22(21)19-11-13-20(31-3)14-12-19/h6-14,22H,4-5,15-16H2,1-3H3,(H,26,27,28). The van der Waals surface area contributed by atoms with Crippen molar-refractivity contribution in [1.82, 2.24) is 14.8 Å². The molecule has 172 valence electrons. The van der Waals surface area contributed by atoms with Crippen molar-refractivity contribution >= 4 is 23.7 Å². The number of hydrogen-bond donors (Lipinski definition) is 1. The molecule has 1 aliphatic heterocycles. The second kappa shape index (κ2) is 10.6. The molecule has 4 rings (SSSR count). The van der Waals surface area contributed by atoms with E-state index in [0.717, 1.165) is 35.6 Å². The normalized spacial score (nSPS) is 15.1. The summed E-state index contributed by atoms with van der Waals surface area (Å²) in [5, 5.41) is 8.66. The van der Waals surface area contributed by atoms with Gasteiger partial charge in [-0.3, -0.25) is 0 Å². The highest BCUT2D eigenvalue weighted by Gasteiger charge is 2.35. The molecule has 8 heteroatoms. The van der Waals surface area contributed by atoms with Crippen LogP contribution in [0.4, 0.5) is 5.95 Å². The molecular formula is C25H28N4O3S. The third-order valence-electron chi connectivity index (χ3n) is 5.43. The zero-order valence-electron chi connectivity index (χ0n) is 19.1. The van der Waals surface area contributed by atoms with E-state index < -0.39 is 6.04 Å². The molecule has 0 spiro atoms. The predicted octanol–water partition coefficient (Wildman–Crippen LogP) is 5.21. The number of benzene rings is 2. The molecular weight excluding hydrogens is 436 g/mol. The number of carbonyl (C=O) groups is 1. The van der Waals surface area contributed by atoms with E-state index in [1.54, 1.807) is 23.6 Å². The highest BCUT2D eigenvalue weighted by Crippen LogP contribution is 2.37. The monoisotopic (exact) mass is 464 g/mol. The van der Waals surface area contributed by atoms with Crippen molar-refractivity contribution in [2.75, 3.05) is 19.0 Å². The number of carbonyl (C=O) groups excluding carboxylic acids is 1. The van der Waals surface area contributed by atoms with Crippen LogP contribution in [0.15, 0.2) is 71.0 Å². The van der Waals surface area contributed by atoms with Gasteiger partial charge in [-0.25, -0.2) is 9.48 Å². The topological polar surface area (TPSA) is 78.3 Å². The number of hydrogen-bond acceptors (Lipinski definition) is 7. The van der Waals surface area contributed by atoms with Gasteiger partial charge in [0.1, 0.15) is 11.8 Å². The number of rotatable bonds is 9. The van der Waals surface area contributed by atoms with Crippen molar-refractivity contribution in [1.29, 1.82) is 0 Å². The highest BCUT2D eigenvalue weighted by molar-refractivity contribution is 7.98. The van der Waals surface area contributed by atoms with Gasteiger partial charge in [-0.05, 0) is 36.6 Å². The lowest BCUT2D eigenvalue weighted by atomic mass is 9.96. The molecule has 0 aliphatic carbocycles. The lowest BCUT2D eigenvalue weighted by Crippen LogP contribution is -2.29. The van der Waals surface area contributed by atoms with Crippen LogP contribution in [0.25, 0.3) is 0 Å². The Hall–Kier alpha value is -3.26. The zero-order valence-corrected chi connectivity index (χ0v) is 19.9. The molecule has 0 fully saturated rings. The number of nitrogens with one attached hydrogen (secondary N) is 1. The van der Waals surface area contributed by atoms with Gasteiger partial charge in [0.05, 0.1) is 19.3 Å². The fourth-order valence-electron chi connectivity index (χ4n) is 3.66. The number of nitrogens with zero attached hydrogens (tertiary/aromatic N) is 3. The summed E-state index contributed by atoms with van der Waals surface area (Å²) in [6, 6.07) is 17.4. The number of thioether (sulfide) groups is 1. The van der Waals surface area contributed by atoms with Crippen molar-refractivity contribution < 1.29 is 14.3 Å². The van der Waals surface area contributed by atoms with Crippen LogP contribution < -0.4 is 10.1 Å². The summed E-state index contributed by atoms with van der Waals surface area (Å²) in [7, 11) is 1.63. The van der Waals surface area contributed by atoms with Crippen LogP contribution in [-0.2, 0) is 15.3 Å². The molecule has 2 aromatic carbocycles. The smallest absolute Gasteiger partial charge is 0.338 e. The van der Waals surface area contributed by atoms with Crippen LogP contribution in [0.1, 0.15) is 43.9 Å². The summed E-state index contributed by atoms with van der Waals surface area (Å²) < 4.78 is 12.7. The average Bonchev–Trinajstić information content (AvgIpc) is 3.25. The van der Waals surface area contributed by atoms with Gasteiger partial charge in [-0.15, -0.1) is 5.10 Å². The van der Waals surface area contributed by atoms with Crippen molar-refractivity contribution in [2.24, 2.45) is 0 Å². The first kappa shape index (κ1) is 22.9. The number of allylic oxidation sites excluding steroid dienone is 1. The Morgan fingerprint density at radius 1 is 1.15 bits per heavy atom. The molecule has 2 heterocycles. The number of aromatic nitrogens is 3. The molecule has 33 heavy (non-hydrogen) atoms. The zero-order chi connectivity index (χ0) is 23.2. The summed E-state index contributed by atoms with van der Waals surface area (Å²) in [6.07, 6.45) is 1.79. The molecule has 0 saturated carbocycles. The minimum Gasteiger partial charge on any atom is -0.497 e.